The zero-order chi connectivity index (χ0) is 13.7. The lowest BCUT2D eigenvalue weighted by atomic mass is 10.1. The molecule has 1 atom stereocenters. The first-order valence-corrected chi connectivity index (χ1v) is 6.46. The summed E-state index contributed by atoms with van der Waals surface area (Å²) in [6, 6.07) is 15.3. The molecule has 0 aliphatic heterocycles. The molecule has 2 aromatic rings. The van der Waals surface area contributed by atoms with Gasteiger partial charge in [0.05, 0.1) is 6.61 Å². The van der Waals surface area contributed by atoms with E-state index in [1.807, 2.05) is 48.5 Å². The van der Waals surface area contributed by atoms with Gasteiger partial charge in [-0.05, 0) is 30.2 Å². The van der Waals surface area contributed by atoms with Gasteiger partial charge in [-0.25, -0.2) is 0 Å². The molecular weight excluding hydrogens is 238 g/mol. The molecule has 3 heteroatoms. The van der Waals surface area contributed by atoms with E-state index in [1.165, 1.54) is 0 Å². The predicted molar refractivity (Wildman–Crippen MR) is 76.1 cm³/mol. The second-order valence-electron chi connectivity index (χ2n) is 4.45. The molecule has 19 heavy (non-hydrogen) atoms. The van der Waals surface area contributed by atoms with Gasteiger partial charge in [0.1, 0.15) is 11.5 Å². The van der Waals surface area contributed by atoms with Gasteiger partial charge in [0, 0.05) is 11.6 Å². The summed E-state index contributed by atoms with van der Waals surface area (Å²) in [5, 5.41) is 9.25. The van der Waals surface area contributed by atoms with Gasteiger partial charge in [-0.15, -0.1) is 0 Å². The molecule has 1 unspecified atom stereocenters. The van der Waals surface area contributed by atoms with Crippen LogP contribution in [0.3, 0.4) is 0 Å². The van der Waals surface area contributed by atoms with E-state index >= 15 is 0 Å². The molecule has 0 heterocycles. The van der Waals surface area contributed by atoms with Crippen LogP contribution in [-0.2, 0) is 6.61 Å². The normalized spacial score (nSPS) is 12.2. The summed E-state index contributed by atoms with van der Waals surface area (Å²) in [6.45, 7) is 2.03. The average molecular weight is 257 g/mol. The summed E-state index contributed by atoms with van der Waals surface area (Å²) < 4.78 is 5.77. The van der Waals surface area contributed by atoms with Gasteiger partial charge in [-0.3, -0.25) is 0 Å². The summed E-state index contributed by atoms with van der Waals surface area (Å²) >= 11 is 0. The second kappa shape index (κ2) is 6.36. The molecule has 3 nitrogen and oxygen atoms in total. The van der Waals surface area contributed by atoms with E-state index in [9.17, 15) is 5.11 Å². The summed E-state index contributed by atoms with van der Waals surface area (Å²) in [7, 11) is 0. The molecule has 2 rings (SSSR count). The highest BCUT2D eigenvalue weighted by Gasteiger charge is 2.05. The Labute approximate surface area is 113 Å². The fourth-order valence-corrected chi connectivity index (χ4v) is 1.88. The maximum absolute atomic E-state index is 9.25. The SMILES string of the molecule is CCC(N)c1ccc(Oc2ccccc2CO)cc1. The Bertz CT molecular complexity index is 523. The summed E-state index contributed by atoms with van der Waals surface area (Å²) in [5.74, 6) is 1.42. The van der Waals surface area contributed by atoms with E-state index in [-0.39, 0.29) is 12.6 Å². The third kappa shape index (κ3) is 3.34. The van der Waals surface area contributed by atoms with Crippen molar-refractivity contribution in [1.82, 2.24) is 0 Å². The molecule has 0 saturated heterocycles. The monoisotopic (exact) mass is 257 g/mol. The summed E-state index contributed by atoms with van der Waals surface area (Å²) in [5.41, 5.74) is 7.85. The molecule has 0 aliphatic rings. The first-order chi connectivity index (χ1) is 9.24. The molecule has 2 aromatic carbocycles. The molecule has 0 aromatic heterocycles. The Hall–Kier alpha value is -1.84. The zero-order valence-corrected chi connectivity index (χ0v) is 11.0. The molecule has 0 fully saturated rings. The zero-order valence-electron chi connectivity index (χ0n) is 11.0. The van der Waals surface area contributed by atoms with Crippen molar-refractivity contribution in [2.75, 3.05) is 0 Å². The Kier molecular flexibility index (Phi) is 4.55. The maximum Gasteiger partial charge on any atom is 0.132 e. The van der Waals surface area contributed by atoms with E-state index in [4.69, 9.17) is 10.5 Å². The Morgan fingerprint density at radius 3 is 2.42 bits per heavy atom. The molecule has 0 spiro atoms. The highest BCUT2D eigenvalue weighted by Crippen LogP contribution is 2.26. The van der Waals surface area contributed by atoms with Crippen molar-refractivity contribution >= 4 is 0 Å². The van der Waals surface area contributed by atoms with Gasteiger partial charge < -0.3 is 15.6 Å². The highest BCUT2D eigenvalue weighted by molar-refractivity contribution is 5.38. The smallest absolute Gasteiger partial charge is 0.132 e. The minimum atomic E-state index is -0.0328. The Morgan fingerprint density at radius 2 is 1.79 bits per heavy atom. The Balaban J connectivity index is 2.15. The molecule has 100 valence electrons. The lowest BCUT2D eigenvalue weighted by Crippen LogP contribution is -2.08. The molecule has 0 saturated carbocycles. The number of benzene rings is 2. The van der Waals surface area contributed by atoms with E-state index in [1.54, 1.807) is 0 Å². The van der Waals surface area contributed by atoms with Crippen LogP contribution in [0.25, 0.3) is 0 Å². The van der Waals surface area contributed by atoms with Crippen molar-refractivity contribution in [2.24, 2.45) is 5.73 Å². The van der Waals surface area contributed by atoms with Gasteiger partial charge in [0.25, 0.3) is 0 Å². The van der Waals surface area contributed by atoms with Crippen molar-refractivity contribution in [3.8, 4) is 11.5 Å². The van der Waals surface area contributed by atoms with E-state index in [2.05, 4.69) is 6.92 Å². The average Bonchev–Trinajstić information content (AvgIpc) is 2.48. The van der Waals surface area contributed by atoms with Gasteiger partial charge >= 0.3 is 0 Å². The standard InChI is InChI=1S/C16H19NO2/c1-2-15(17)12-7-9-14(10-8-12)19-16-6-4-3-5-13(16)11-18/h3-10,15,18H,2,11,17H2,1H3. The van der Waals surface area contributed by atoms with Crippen LogP contribution in [0.2, 0.25) is 0 Å². The summed E-state index contributed by atoms with van der Waals surface area (Å²) in [6.07, 6.45) is 0.910. The van der Waals surface area contributed by atoms with Crippen LogP contribution in [0, 0.1) is 0 Å². The first-order valence-electron chi connectivity index (χ1n) is 6.46. The molecule has 0 amide bonds. The second-order valence-corrected chi connectivity index (χ2v) is 4.45. The third-order valence-electron chi connectivity index (χ3n) is 3.12. The molecule has 0 bridgehead atoms. The number of hydrogen-bond donors (Lipinski definition) is 2. The Morgan fingerprint density at radius 1 is 1.11 bits per heavy atom. The van der Waals surface area contributed by atoms with Crippen LogP contribution in [0.1, 0.15) is 30.5 Å². The topological polar surface area (TPSA) is 55.5 Å². The van der Waals surface area contributed by atoms with Crippen LogP contribution in [0.4, 0.5) is 0 Å². The predicted octanol–water partition coefficient (Wildman–Crippen LogP) is 3.38. The number of para-hydroxylation sites is 1. The van der Waals surface area contributed by atoms with Crippen LogP contribution in [0.15, 0.2) is 48.5 Å². The molecule has 0 radical (unpaired) electrons. The molecule has 0 aliphatic carbocycles. The fraction of sp³-hybridized carbons (Fsp3) is 0.250. The minimum absolute atomic E-state index is 0.0328. The third-order valence-corrected chi connectivity index (χ3v) is 3.12. The molecular formula is C16H19NO2. The van der Waals surface area contributed by atoms with E-state index < -0.39 is 0 Å². The number of ether oxygens (including phenoxy) is 1. The first kappa shape index (κ1) is 13.6. The minimum Gasteiger partial charge on any atom is -0.457 e. The summed E-state index contributed by atoms with van der Waals surface area (Å²) in [4.78, 5) is 0. The number of aliphatic hydroxyl groups is 1. The van der Waals surface area contributed by atoms with Crippen molar-refractivity contribution in [3.63, 3.8) is 0 Å². The number of rotatable bonds is 5. The number of aliphatic hydroxyl groups excluding tert-OH is 1. The van der Waals surface area contributed by atoms with Crippen LogP contribution in [0.5, 0.6) is 11.5 Å². The van der Waals surface area contributed by atoms with Crippen LogP contribution < -0.4 is 10.5 Å². The van der Waals surface area contributed by atoms with E-state index in [0.717, 1.165) is 23.3 Å². The quantitative estimate of drug-likeness (QED) is 0.863. The van der Waals surface area contributed by atoms with Crippen LogP contribution in [-0.4, -0.2) is 5.11 Å². The van der Waals surface area contributed by atoms with Gasteiger partial charge in [-0.1, -0.05) is 37.3 Å². The van der Waals surface area contributed by atoms with E-state index in [0.29, 0.717) is 5.75 Å². The van der Waals surface area contributed by atoms with Gasteiger partial charge in [0.2, 0.25) is 0 Å². The number of hydrogen-bond acceptors (Lipinski definition) is 3. The van der Waals surface area contributed by atoms with Gasteiger partial charge in [-0.2, -0.15) is 0 Å². The lowest BCUT2D eigenvalue weighted by Gasteiger charge is -2.12. The van der Waals surface area contributed by atoms with Crippen molar-refractivity contribution in [2.45, 2.75) is 26.0 Å². The van der Waals surface area contributed by atoms with Crippen LogP contribution >= 0.6 is 0 Å². The highest BCUT2D eigenvalue weighted by atomic mass is 16.5. The van der Waals surface area contributed by atoms with Crippen molar-refractivity contribution < 1.29 is 9.84 Å². The van der Waals surface area contributed by atoms with Crippen molar-refractivity contribution in [3.05, 3.63) is 59.7 Å². The van der Waals surface area contributed by atoms with Crippen molar-refractivity contribution in [1.29, 1.82) is 0 Å². The number of nitrogens with two attached hydrogens (primary N) is 1. The lowest BCUT2D eigenvalue weighted by molar-refractivity contribution is 0.276. The fourth-order valence-electron chi connectivity index (χ4n) is 1.88. The van der Waals surface area contributed by atoms with Gasteiger partial charge in [0.15, 0.2) is 0 Å². The largest absolute Gasteiger partial charge is 0.457 e. The molecule has 3 N–H and O–H groups in total. The maximum atomic E-state index is 9.25.